The van der Waals surface area contributed by atoms with Crippen molar-refractivity contribution in [3.8, 4) is 0 Å². The molecule has 0 bridgehead atoms. The van der Waals surface area contributed by atoms with Crippen LogP contribution in [0.4, 0.5) is 0 Å². The van der Waals surface area contributed by atoms with E-state index in [1.165, 1.54) is 4.90 Å². The molecule has 16 heavy (non-hydrogen) atoms. The van der Waals surface area contributed by atoms with Gasteiger partial charge in [0.1, 0.15) is 12.8 Å². The SMILES string of the molecule is CC[NH+](C)CC1=C([N+](=O)[O-])N=CC(C)CC1. The first-order valence-corrected chi connectivity index (χ1v) is 5.76. The van der Waals surface area contributed by atoms with Crippen LogP contribution in [0, 0.1) is 16.0 Å². The molecule has 2 atom stereocenters. The Morgan fingerprint density at radius 3 is 2.94 bits per heavy atom. The van der Waals surface area contributed by atoms with E-state index in [9.17, 15) is 10.1 Å². The highest BCUT2D eigenvalue weighted by atomic mass is 16.6. The van der Waals surface area contributed by atoms with E-state index in [1.807, 2.05) is 14.0 Å². The van der Waals surface area contributed by atoms with Gasteiger partial charge < -0.3 is 15.0 Å². The van der Waals surface area contributed by atoms with E-state index < -0.39 is 0 Å². The van der Waals surface area contributed by atoms with Crippen LogP contribution in [0.3, 0.4) is 0 Å². The molecule has 1 aliphatic heterocycles. The number of nitro groups is 1. The van der Waals surface area contributed by atoms with Crippen LogP contribution in [0.2, 0.25) is 0 Å². The Balaban J connectivity index is 2.89. The average molecular weight is 226 g/mol. The summed E-state index contributed by atoms with van der Waals surface area (Å²) in [6, 6.07) is 0. The number of nitrogens with one attached hydrogen (secondary N) is 1. The van der Waals surface area contributed by atoms with E-state index in [4.69, 9.17) is 0 Å². The van der Waals surface area contributed by atoms with E-state index in [1.54, 1.807) is 6.21 Å². The van der Waals surface area contributed by atoms with Gasteiger partial charge in [0.05, 0.1) is 19.2 Å². The second-order valence-electron chi connectivity index (χ2n) is 4.47. The molecule has 0 radical (unpaired) electrons. The van der Waals surface area contributed by atoms with Crippen LogP contribution in [0.5, 0.6) is 0 Å². The largest absolute Gasteiger partial charge is 0.367 e. The maximum Gasteiger partial charge on any atom is 0.367 e. The van der Waals surface area contributed by atoms with Gasteiger partial charge in [0.25, 0.3) is 0 Å². The fourth-order valence-corrected chi connectivity index (χ4v) is 1.71. The van der Waals surface area contributed by atoms with Crippen molar-refractivity contribution in [2.45, 2.75) is 26.7 Å². The smallest absolute Gasteiger partial charge is 0.358 e. The maximum absolute atomic E-state index is 10.9. The molecule has 0 saturated heterocycles. The first-order chi connectivity index (χ1) is 7.54. The number of likely N-dealkylation sites (N-methyl/N-ethyl adjacent to an activating group) is 1. The summed E-state index contributed by atoms with van der Waals surface area (Å²) in [4.78, 5) is 15.9. The Labute approximate surface area is 96.0 Å². The highest BCUT2D eigenvalue weighted by Gasteiger charge is 2.23. The first-order valence-electron chi connectivity index (χ1n) is 5.76. The van der Waals surface area contributed by atoms with Crippen LogP contribution >= 0.6 is 0 Å². The van der Waals surface area contributed by atoms with Gasteiger partial charge in [-0.05, 0) is 24.7 Å². The lowest BCUT2D eigenvalue weighted by Crippen LogP contribution is -3.08. The summed E-state index contributed by atoms with van der Waals surface area (Å²) in [5, 5.41) is 10.9. The van der Waals surface area contributed by atoms with Crippen LogP contribution in [0.1, 0.15) is 26.7 Å². The summed E-state index contributed by atoms with van der Waals surface area (Å²) in [5.74, 6) is 0.395. The second-order valence-corrected chi connectivity index (χ2v) is 4.47. The van der Waals surface area contributed by atoms with Crippen molar-refractivity contribution in [2.75, 3.05) is 20.1 Å². The third kappa shape index (κ3) is 3.41. The monoisotopic (exact) mass is 226 g/mol. The molecule has 0 aliphatic carbocycles. The molecule has 1 rings (SSSR count). The van der Waals surface area contributed by atoms with Crippen molar-refractivity contribution < 1.29 is 9.82 Å². The molecule has 5 heteroatoms. The van der Waals surface area contributed by atoms with Gasteiger partial charge in [-0.15, -0.1) is 0 Å². The minimum atomic E-state index is -0.354. The number of aliphatic imine (C=N–C) groups is 1. The minimum absolute atomic E-state index is 0.0668. The van der Waals surface area contributed by atoms with E-state index in [0.717, 1.165) is 31.5 Å². The zero-order chi connectivity index (χ0) is 12.1. The molecule has 0 amide bonds. The van der Waals surface area contributed by atoms with Crippen molar-refractivity contribution >= 4 is 6.21 Å². The van der Waals surface area contributed by atoms with Crippen LogP contribution in [-0.2, 0) is 0 Å². The van der Waals surface area contributed by atoms with Crippen molar-refractivity contribution in [2.24, 2.45) is 10.9 Å². The highest BCUT2D eigenvalue weighted by Crippen LogP contribution is 2.19. The molecule has 5 nitrogen and oxygen atoms in total. The number of quaternary nitrogens is 1. The molecular formula is C11H20N3O2+. The van der Waals surface area contributed by atoms with Gasteiger partial charge in [-0.25, -0.2) is 0 Å². The van der Waals surface area contributed by atoms with E-state index in [-0.39, 0.29) is 10.7 Å². The molecular weight excluding hydrogens is 206 g/mol. The van der Waals surface area contributed by atoms with Gasteiger partial charge >= 0.3 is 5.82 Å². The van der Waals surface area contributed by atoms with Crippen LogP contribution in [-0.4, -0.2) is 31.3 Å². The van der Waals surface area contributed by atoms with Crippen LogP contribution < -0.4 is 4.90 Å². The van der Waals surface area contributed by atoms with Gasteiger partial charge in [-0.2, -0.15) is 0 Å². The predicted octanol–water partition coefficient (Wildman–Crippen LogP) is 0.510. The lowest BCUT2D eigenvalue weighted by Gasteiger charge is -2.13. The minimum Gasteiger partial charge on any atom is -0.358 e. The van der Waals surface area contributed by atoms with Crippen molar-refractivity contribution in [3.63, 3.8) is 0 Å². The fourth-order valence-electron chi connectivity index (χ4n) is 1.71. The Hall–Kier alpha value is -1.23. The Morgan fingerprint density at radius 2 is 2.38 bits per heavy atom. The topological polar surface area (TPSA) is 59.9 Å². The second kappa shape index (κ2) is 5.75. The lowest BCUT2D eigenvalue weighted by atomic mass is 10.0. The molecule has 0 aromatic carbocycles. The summed E-state index contributed by atoms with van der Waals surface area (Å²) < 4.78 is 0. The van der Waals surface area contributed by atoms with Crippen LogP contribution in [0.25, 0.3) is 0 Å². The summed E-state index contributed by atoms with van der Waals surface area (Å²) in [6.07, 6.45) is 3.44. The van der Waals surface area contributed by atoms with E-state index in [0.29, 0.717) is 5.92 Å². The molecule has 2 unspecified atom stereocenters. The van der Waals surface area contributed by atoms with Crippen molar-refractivity contribution in [3.05, 3.63) is 21.5 Å². The lowest BCUT2D eigenvalue weighted by molar-refractivity contribution is -0.872. The van der Waals surface area contributed by atoms with Gasteiger partial charge in [0, 0.05) is 5.92 Å². The van der Waals surface area contributed by atoms with Gasteiger partial charge in [0.15, 0.2) is 0 Å². The summed E-state index contributed by atoms with van der Waals surface area (Å²) in [6.45, 7) is 5.80. The van der Waals surface area contributed by atoms with Crippen molar-refractivity contribution in [1.29, 1.82) is 0 Å². The fraction of sp³-hybridized carbons (Fsp3) is 0.727. The number of hydrogen-bond donors (Lipinski definition) is 1. The van der Waals surface area contributed by atoms with Gasteiger partial charge in [0.2, 0.25) is 0 Å². The zero-order valence-corrected chi connectivity index (χ0v) is 10.2. The zero-order valence-electron chi connectivity index (χ0n) is 10.2. The number of hydrogen-bond acceptors (Lipinski definition) is 3. The Morgan fingerprint density at radius 1 is 1.69 bits per heavy atom. The van der Waals surface area contributed by atoms with Gasteiger partial charge in [-0.1, -0.05) is 11.9 Å². The van der Waals surface area contributed by atoms with E-state index >= 15 is 0 Å². The number of nitrogens with zero attached hydrogens (tertiary/aromatic N) is 2. The predicted molar refractivity (Wildman–Crippen MR) is 63.2 cm³/mol. The summed E-state index contributed by atoms with van der Waals surface area (Å²) in [7, 11) is 2.04. The van der Waals surface area contributed by atoms with E-state index in [2.05, 4.69) is 11.9 Å². The Kier molecular flexibility index (Phi) is 4.61. The normalized spacial score (nSPS) is 23.1. The molecule has 0 aromatic heterocycles. The highest BCUT2D eigenvalue weighted by molar-refractivity contribution is 5.62. The molecule has 1 aliphatic rings. The summed E-state index contributed by atoms with van der Waals surface area (Å²) in [5.41, 5.74) is 0.880. The first kappa shape index (κ1) is 12.8. The summed E-state index contributed by atoms with van der Waals surface area (Å²) >= 11 is 0. The molecule has 0 spiro atoms. The van der Waals surface area contributed by atoms with Crippen molar-refractivity contribution in [1.82, 2.24) is 0 Å². The molecule has 0 fully saturated rings. The third-order valence-corrected chi connectivity index (χ3v) is 2.96. The molecule has 0 aromatic rings. The van der Waals surface area contributed by atoms with Crippen LogP contribution in [0.15, 0.2) is 16.4 Å². The molecule has 90 valence electrons. The maximum atomic E-state index is 10.9. The number of rotatable bonds is 4. The third-order valence-electron chi connectivity index (χ3n) is 2.96. The quantitative estimate of drug-likeness (QED) is 0.561. The standard InChI is InChI=1S/C11H19N3O2/c1-4-13(3)8-10-6-5-9(2)7-12-11(10)14(15)16/h7,9H,4-6,8H2,1-3H3/p+1. The van der Waals surface area contributed by atoms with Gasteiger partial charge in [-0.3, -0.25) is 0 Å². The molecule has 1 heterocycles. The Bertz CT molecular complexity index is 323. The molecule has 0 saturated carbocycles. The average Bonchev–Trinajstić information content (AvgIpc) is 2.41. The molecule has 1 N–H and O–H groups in total.